The first-order valence-electron chi connectivity index (χ1n) is 7.22. The summed E-state index contributed by atoms with van der Waals surface area (Å²) in [6.07, 6.45) is 0.479. The van der Waals surface area contributed by atoms with Crippen LogP contribution < -0.4 is 21.1 Å². The lowest BCUT2D eigenvalue weighted by atomic mass is 10.2. The fourth-order valence-electron chi connectivity index (χ4n) is 1.76. The van der Waals surface area contributed by atoms with Gasteiger partial charge in [0.15, 0.2) is 0 Å². The summed E-state index contributed by atoms with van der Waals surface area (Å²) in [7, 11) is -0.708. The molecule has 0 unspecified atom stereocenters. The van der Waals surface area contributed by atoms with Crippen LogP contribution in [0.15, 0.2) is 23.1 Å². The highest BCUT2D eigenvalue weighted by atomic mass is 32.2. The van der Waals surface area contributed by atoms with Gasteiger partial charge in [0.2, 0.25) is 15.9 Å². The van der Waals surface area contributed by atoms with Crippen LogP contribution in [0.3, 0.4) is 0 Å². The molecule has 0 fully saturated rings. The summed E-state index contributed by atoms with van der Waals surface area (Å²) in [5, 5.41) is 5.74. The van der Waals surface area contributed by atoms with Gasteiger partial charge in [-0.1, -0.05) is 6.92 Å². The molecule has 0 bridgehead atoms. The first-order valence-corrected chi connectivity index (χ1v) is 8.70. The lowest BCUT2D eigenvalue weighted by Gasteiger charge is -2.16. The Morgan fingerprint density at radius 2 is 2.04 bits per heavy atom. The van der Waals surface area contributed by atoms with Crippen LogP contribution in [0, 0.1) is 0 Å². The number of hydrogen-bond donors (Lipinski definition) is 4. The van der Waals surface area contributed by atoms with E-state index in [1.54, 1.807) is 20.1 Å². The number of carbonyl (C=O) groups is 1. The highest BCUT2D eigenvalue weighted by Crippen LogP contribution is 2.25. The van der Waals surface area contributed by atoms with Crippen molar-refractivity contribution in [2.24, 2.45) is 5.73 Å². The van der Waals surface area contributed by atoms with Gasteiger partial charge in [-0.15, -0.1) is 0 Å². The van der Waals surface area contributed by atoms with Gasteiger partial charge in [0.1, 0.15) is 0 Å². The molecule has 0 aromatic heterocycles. The number of methoxy groups -OCH3 is 1. The van der Waals surface area contributed by atoms with Gasteiger partial charge >= 0.3 is 0 Å². The standard InChI is InChI=1S/C14H24N4O4S/c1-4-11(15)14(19)18-13-9-10(23(20,21)16-2)5-6-12(13)17-7-8-22-3/h5-6,9,11,16-17H,4,7-8,15H2,1-3H3,(H,18,19)/t11-/m0/s1. The van der Waals surface area contributed by atoms with Gasteiger partial charge in [-0.3, -0.25) is 4.79 Å². The normalized spacial score (nSPS) is 12.7. The minimum atomic E-state index is -3.61. The topological polar surface area (TPSA) is 123 Å². The summed E-state index contributed by atoms with van der Waals surface area (Å²) in [5.74, 6) is -0.374. The summed E-state index contributed by atoms with van der Waals surface area (Å²) >= 11 is 0. The molecule has 0 spiro atoms. The number of hydrogen-bond acceptors (Lipinski definition) is 6. The van der Waals surface area contributed by atoms with Crippen molar-refractivity contribution in [2.75, 3.05) is 37.9 Å². The van der Waals surface area contributed by atoms with Crippen LogP contribution in [0.5, 0.6) is 0 Å². The largest absolute Gasteiger partial charge is 0.383 e. The molecule has 0 aliphatic carbocycles. The van der Waals surface area contributed by atoms with Crippen LogP contribution in [-0.4, -0.2) is 47.7 Å². The van der Waals surface area contributed by atoms with E-state index in [0.29, 0.717) is 30.9 Å². The molecule has 0 radical (unpaired) electrons. The monoisotopic (exact) mass is 344 g/mol. The summed E-state index contributed by atoms with van der Waals surface area (Å²) < 4.78 is 31.0. The molecule has 23 heavy (non-hydrogen) atoms. The Bertz CT molecular complexity index is 634. The molecular formula is C14H24N4O4S. The molecule has 9 heteroatoms. The number of amides is 1. The SMILES string of the molecule is CC[C@H](N)C(=O)Nc1cc(S(=O)(=O)NC)ccc1NCCOC. The summed E-state index contributed by atoms with van der Waals surface area (Å²) in [6, 6.07) is 3.77. The van der Waals surface area contributed by atoms with Crippen LogP contribution >= 0.6 is 0 Å². The second-order valence-corrected chi connectivity index (χ2v) is 6.73. The van der Waals surface area contributed by atoms with Crippen molar-refractivity contribution in [3.8, 4) is 0 Å². The third-order valence-corrected chi connectivity index (χ3v) is 4.64. The zero-order chi connectivity index (χ0) is 17.5. The van der Waals surface area contributed by atoms with Gasteiger partial charge in [-0.2, -0.15) is 0 Å². The molecule has 0 saturated carbocycles. The Hall–Kier alpha value is -1.68. The average Bonchev–Trinajstić information content (AvgIpc) is 2.55. The van der Waals surface area contributed by atoms with Crippen LogP contribution in [-0.2, 0) is 19.6 Å². The summed E-state index contributed by atoms with van der Waals surface area (Å²) in [4.78, 5) is 12.1. The van der Waals surface area contributed by atoms with Crippen molar-refractivity contribution in [3.05, 3.63) is 18.2 Å². The van der Waals surface area contributed by atoms with E-state index in [9.17, 15) is 13.2 Å². The predicted octanol–water partition coefficient (Wildman–Crippen LogP) is 0.329. The quantitative estimate of drug-likeness (QED) is 0.479. The lowest BCUT2D eigenvalue weighted by molar-refractivity contribution is -0.117. The van der Waals surface area contributed by atoms with Crippen LogP contribution in [0.2, 0.25) is 0 Å². The second kappa shape index (κ2) is 8.82. The molecule has 0 saturated heterocycles. The zero-order valence-corrected chi connectivity index (χ0v) is 14.4. The number of anilines is 2. The van der Waals surface area contributed by atoms with Gasteiger partial charge in [0.25, 0.3) is 0 Å². The highest BCUT2D eigenvalue weighted by molar-refractivity contribution is 7.89. The third kappa shape index (κ3) is 5.47. The lowest BCUT2D eigenvalue weighted by Crippen LogP contribution is -2.35. The van der Waals surface area contributed by atoms with Crippen molar-refractivity contribution in [2.45, 2.75) is 24.3 Å². The highest BCUT2D eigenvalue weighted by Gasteiger charge is 2.17. The van der Waals surface area contributed by atoms with E-state index >= 15 is 0 Å². The minimum Gasteiger partial charge on any atom is -0.383 e. The van der Waals surface area contributed by atoms with E-state index in [-0.39, 0.29) is 10.8 Å². The number of carbonyl (C=O) groups excluding carboxylic acids is 1. The number of benzene rings is 1. The predicted molar refractivity (Wildman–Crippen MR) is 89.9 cm³/mol. The van der Waals surface area contributed by atoms with E-state index in [2.05, 4.69) is 15.4 Å². The molecule has 5 N–H and O–H groups in total. The van der Waals surface area contributed by atoms with E-state index in [4.69, 9.17) is 10.5 Å². The maximum Gasteiger partial charge on any atom is 0.241 e. The number of ether oxygens (including phenoxy) is 1. The molecule has 1 rings (SSSR count). The molecule has 1 aromatic carbocycles. The van der Waals surface area contributed by atoms with E-state index in [1.165, 1.54) is 19.2 Å². The molecule has 0 aliphatic heterocycles. The van der Waals surface area contributed by atoms with E-state index < -0.39 is 16.1 Å². The van der Waals surface area contributed by atoms with Crippen molar-refractivity contribution in [1.29, 1.82) is 0 Å². The van der Waals surface area contributed by atoms with Gasteiger partial charge < -0.3 is 21.1 Å². The maximum atomic E-state index is 12.0. The van der Waals surface area contributed by atoms with Crippen LogP contribution in [0.4, 0.5) is 11.4 Å². The van der Waals surface area contributed by atoms with Crippen molar-refractivity contribution in [3.63, 3.8) is 0 Å². The first-order chi connectivity index (χ1) is 10.9. The zero-order valence-electron chi connectivity index (χ0n) is 13.5. The van der Waals surface area contributed by atoms with Crippen molar-refractivity contribution >= 4 is 27.3 Å². The number of nitrogens with one attached hydrogen (secondary N) is 3. The molecule has 1 amide bonds. The molecule has 130 valence electrons. The minimum absolute atomic E-state index is 0.0534. The van der Waals surface area contributed by atoms with E-state index in [0.717, 1.165) is 0 Å². The Balaban J connectivity index is 3.12. The van der Waals surface area contributed by atoms with Crippen molar-refractivity contribution < 1.29 is 17.9 Å². The number of rotatable bonds is 9. The first kappa shape index (κ1) is 19.4. The summed E-state index contributed by atoms with van der Waals surface area (Å²) in [5.41, 5.74) is 6.65. The van der Waals surface area contributed by atoms with Gasteiger partial charge in [0.05, 0.1) is 28.9 Å². The Morgan fingerprint density at radius 1 is 1.35 bits per heavy atom. The fourth-order valence-corrected chi connectivity index (χ4v) is 2.52. The molecule has 8 nitrogen and oxygen atoms in total. The third-order valence-electron chi connectivity index (χ3n) is 3.23. The number of sulfonamides is 1. The van der Waals surface area contributed by atoms with Gasteiger partial charge in [0, 0.05) is 13.7 Å². The Labute approximate surface area is 136 Å². The molecule has 0 aliphatic rings. The van der Waals surface area contributed by atoms with Crippen LogP contribution in [0.25, 0.3) is 0 Å². The smallest absolute Gasteiger partial charge is 0.241 e. The van der Waals surface area contributed by atoms with Gasteiger partial charge in [-0.05, 0) is 31.7 Å². The maximum absolute atomic E-state index is 12.0. The molecule has 1 atom stereocenters. The van der Waals surface area contributed by atoms with E-state index in [1.807, 2.05) is 0 Å². The molecule has 0 heterocycles. The second-order valence-electron chi connectivity index (χ2n) is 4.84. The number of nitrogens with two attached hydrogens (primary N) is 1. The Morgan fingerprint density at radius 3 is 2.61 bits per heavy atom. The molecule has 1 aromatic rings. The molecular weight excluding hydrogens is 320 g/mol. The Kier molecular flexibility index (Phi) is 7.43. The van der Waals surface area contributed by atoms with Gasteiger partial charge in [-0.25, -0.2) is 13.1 Å². The summed E-state index contributed by atoms with van der Waals surface area (Å²) in [6.45, 7) is 2.78. The fraction of sp³-hybridized carbons (Fsp3) is 0.500. The van der Waals surface area contributed by atoms with Crippen molar-refractivity contribution in [1.82, 2.24) is 4.72 Å². The average molecular weight is 344 g/mol. The van der Waals surface area contributed by atoms with Crippen LogP contribution in [0.1, 0.15) is 13.3 Å².